The van der Waals surface area contributed by atoms with Crippen LogP contribution < -0.4 is 11.1 Å². The van der Waals surface area contributed by atoms with Crippen LogP contribution in [0.25, 0.3) is 0 Å². The molecule has 11 heavy (non-hydrogen) atoms. The van der Waals surface area contributed by atoms with Crippen molar-refractivity contribution in [1.82, 2.24) is 5.32 Å². The Kier molecular flexibility index (Phi) is 5.56. The number of nitrogens with zero attached hydrogens (tertiary/aromatic N) is 1. The maximum Gasteiger partial charge on any atom is 0.188 e. The normalized spacial score (nSPS) is 12.2. The summed E-state index contributed by atoms with van der Waals surface area (Å²) in [6.07, 6.45) is 0. The largest absolute Gasteiger partial charge is 0.383 e. The van der Waals surface area contributed by atoms with Crippen molar-refractivity contribution in [1.29, 1.82) is 0 Å². The number of aliphatic imine (C=N–C) groups is 1. The number of nitrogens with one attached hydrogen (secondary N) is 1. The quantitative estimate of drug-likeness (QED) is 0.343. The minimum absolute atomic E-state index is 0.335. The Labute approximate surface area is 67.8 Å². The summed E-state index contributed by atoms with van der Waals surface area (Å²) in [7, 11) is 1.64. The summed E-state index contributed by atoms with van der Waals surface area (Å²) in [6.45, 7) is 5.25. The molecule has 4 nitrogen and oxygen atoms in total. The zero-order valence-electron chi connectivity index (χ0n) is 7.42. The van der Waals surface area contributed by atoms with Crippen LogP contribution in [0.15, 0.2) is 4.99 Å². The minimum Gasteiger partial charge on any atom is -0.383 e. The van der Waals surface area contributed by atoms with Crippen LogP contribution >= 0.6 is 0 Å². The lowest BCUT2D eigenvalue weighted by atomic mass is 10.4. The van der Waals surface area contributed by atoms with Gasteiger partial charge in [0.05, 0.1) is 13.2 Å². The lowest BCUT2D eigenvalue weighted by molar-refractivity contribution is 0.208. The fourth-order valence-electron chi connectivity index (χ4n) is 0.599. The maximum absolute atomic E-state index is 5.50. The summed E-state index contributed by atoms with van der Waals surface area (Å²) in [5.74, 6) is 0.483. The van der Waals surface area contributed by atoms with Crippen LogP contribution in [0.1, 0.15) is 13.8 Å². The molecule has 0 rings (SSSR count). The van der Waals surface area contributed by atoms with Crippen molar-refractivity contribution in [3.63, 3.8) is 0 Å². The maximum atomic E-state index is 5.50. The summed E-state index contributed by atoms with van der Waals surface area (Å²) < 4.78 is 4.81. The van der Waals surface area contributed by atoms with Crippen molar-refractivity contribution in [3.8, 4) is 0 Å². The Balaban J connectivity index is 3.46. The third-order valence-corrected chi connectivity index (χ3v) is 1.01. The molecule has 0 aromatic rings. The minimum atomic E-state index is 0.335. The molecule has 0 aliphatic rings. The van der Waals surface area contributed by atoms with Crippen LogP contribution in [0.4, 0.5) is 0 Å². The van der Waals surface area contributed by atoms with Crippen LogP contribution in [-0.4, -0.2) is 32.3 Å². The fraction of sp³-hybridized carbons (Fsp3) is 0.857. The van der Waals surface area contributed by atoms with E-state index >= 15 is 0 Å². The van der Waals surface area contributed by atoms with Gasteiger partial charge in [-0.05, 0) is 13.8 Å². The number of rotatable bonds is 4. The lowest BCUT2D eigenvalue weighted by Gasteiger charge is -2.07. The number of ether oxygens (including phenoxy) is 1. The molecule has 0 fully saturated rings. The van der Waals surface area contributed by atoms with Gasteiger partial charge in [-0.15, -0.1) is 0 Å². The Morgan fingerprint density at radius 1 is 1.64 bits per heavy atom. The van der Waals surface area contributed by atoms with Crippen molar-refractivity contribution >= 4 is 5.96 Å². The molecular formula is C7H17N3O. The molecule has 0 amide bonds. The molecule has 0 aromatic heterocycles. The van der Waals surface area contributed by atoms with Gasteiger partial charge in [0.2, 0.25) is 0 Å². The van der Waals surface area contributed by atoms with E-state index in [1.807, 2.05) is 13.8 Å². The monoisotopic (exact) mass is 159 g/mol. The highest BCUT2D eigenvalue weighted by molar-refractivity contribution is 5.77. The molecule has 0 aromatic carbocycles. The summed E-state index contributed by atoms with van der Waals surface area (Å²) >= 11 is 0. The first-order chi connectivity index (χ1) is 5.16. The van der Waals surface area contributed by atoms with Crippen molar-refractivity contribution in [3.05, 3.63) is 0 Å². The van der Waals surface area contributed by atoms with Crippen LogP contribution in [0.3, 0.4) is 0 Å². The van der Waals surface area contributed by atoms with Crippen LogP contribution in [0.2, 0.25) is 0 Å². The summed E-state index contributed by atoms with van der Waals surface area (Å²) in [4.78, 5) is 4.01. The van der Waals surface area contributed by atoms with Crippen molar-refractivity contribution in [2.45, 2.75) is 19.9 Å². The van der Waals surface area contributed by atoms with Gasteiger partial charge in [-0.3, -0.25) is 4.99 Å². The molecule has 0 heterocycles. The molecule has 0 aliphatic carbocycles. The molecule has 0 atom stereocenters. The third-order valence-electron chi connectivity index (χ3n) is 1.01. The predicted molar refractivity (Wildman–Crippen MR) is 46.6 cm³/mol. The molecule has 0 unspecified atom stereocenters. The Morgan fingerprint density at radius 2 is 2.27 bits per heavy atom. The van der Waals surface area contributed by atoms with Gasteiger partial charge in [0, 0.05) is 13.2 Å². The van der Waals surface area contributed by atoms with Gasteiger partial charge in [0.25, 0.3) is 0 Å². The SMILES string of the molecule is COCCN=C(N)NC(C)C. The lowest BCUT2D eigenvalue weighted by Crippen LogP contribution is -2.36. The smallest absolute Gasteiger partial charge is 0.188 e. The molecule has 0 saturated carbocycles. The first-order valence-corrected chi connectivity index (χ1v) is 3.72. The Bertz CT molecular complexity index is 123. The van der Waals surface area contributed by atoms with Crippen molar-refractivity contribution in [2.75, 3.05) is 20.3 Å². The molecule has 4 heteroatoms. The number of nitrogens with two attached hydrogens (primary N) is 1. The van der Waals surface area contributed by atoms with E-state index in [9.17, 15) is 0 Å². The molecule has 0 bridgehead atoms. The second-order valence-corrected chi connectivity index (χ2v) is 2.56. The third kappa shape index (κ3) is 7.12. The van der Waals surface area contributed by atoms with Gasteiger partial charge in [-0.25, -0.2) is 0 Å². The highest BCUT2D eigenvalue weighted by atomic mass is 16.5. The zero-order chi connectivity index (χ0) is 8.69. The van der Waals surface area contributed by atoms with Crippen LogP contribution in [-0.2, 0) is 4.74 Å². The molecule has 0 saturated heterocycles. The van der Waals surface area contributed by atoms with Crippen molar-refractivity contribution in [2.24, 2.45) is 10.7 Å². The van der Waals surface area contributed by atoms with Gasteiger partial charge >= 0.3 is 0 Å². The van der Waals surface area contributed by atoms with E-state index in [1.165, 1.54) is 0 Å². The van der Waals surface area contributed by atoms with E-state index in [0.717, 1.165) is 0 Å². The first kappa shape index (κ1) is 10.2. The molecule has 0 aliphatic heterocycles. The van der Waals surface area contributed by atoms with Crippen molar-refractivity contribution < 1.29 is 4.74 Å². The highest BCUT2D eigenvalue weighted by Crippen LogP contribution is 1.76. The van der Waals surface area contributed by atoms with E-state index in [-0.39, 0.29) is 0 Å². The first-order valence-electron chi connectivity index (χ1n) is 3.72. The van der Waals surface area contributed by atoms with E-state index < -0.39 is 0 Å². The Morgan fingerprint density at radius 3 is 2.73 bits per heavy atom. The summed E-state index contributed by atoms with van der Waals surface area (Å²) in [6, 6.07) is 0.335. The molecule has 3 N–H and O–H groups in total. The second kappa shape index (κ2) is 5.97. The topological polar surface area (TPSA) is 59.6 Å². The van der Waals surface area contributed by atoms with Gasteiger partial charge in [0.15, 0.2) is 5.96 Å². The van der Waals surface area contributed by atoms with E-state index in [1.54, 1.807) is 7.11 Å². The number of hydrogen-bond acceptors (Lipinski definition) is 2. The molecule has 0 radical (unpaired) electrons. The number of hydrogen-bond donors (Lipinski definition) is 2. The van der Waals surface area contributed by atoms with Crippen LogP contribution in [0.5, 0.6) is 0 Å². The van der Waals surface area contributed by atoms with E-state index in [2.05, 4.69) is 10.3 Å². The average molecular weight is 159 g/mol. The highest BCUT2D eigenvalue weighted by Gasteiger charge is 1.92. The standard InChI is InChI=1S/C7H17N3O/c1-6(2)10-7(8)9-4-5-11-3/h6H,4-5H2,1-3H3,(H3,8,9,10). The summed E-state index contributed by atoms with van der Waals surface area (Å²) in [5, 5.41) is 2.97. The van der Waals surface area contributed by atoms with E-state index in [0.29, 0.717) is 25.2 Å². The van der Waals surface area contributed by atoms with Gasteiger partial charge in [-0.2, -0.15) is 0 Å². The number of guanidine groups is 1. The molecule has 66 valence electrons. The average Bonchev–Trinajstić information content (AvgIpc) is 1.86. The second-order valence-electron chi connectivity index (χ2n) is 2.56. The molecular weight excluding hydrogens is 142 g/mol. The predicted octanol–water partition coefficient (Wildman–Crippen LogP) is -0.0545. The summed E-state index contributed by atoms with van der Waals surface area (Å²) in [5.41, 5.74) is 5.50. The fourth-order valence-corrected chi connectivity index (χ4v) is 0.599. The zero-order valence-corrected chi connectivity index (χ0v) is 7.42. The van der Waals surface area contributed by atoms with E-state index in [4.69, 9.17) is 10.5 Å². The number of methoxy groups -OCH3 is 1. The molecule has 0 spiro atoms. The van der Waals surface area contributed by atoms with Gasteiger partial charge in [-0.1, -0.05) is 0 Å². The van der Waals surface area contributed by atoms with Gasteiger partial charge in [0.1, 0.15) is 0 Å². The van der Waals surface area contributed by atoms with Crippen LogP contribution in [0, 0.1) is 0 Å². The Hall–Kier alpha value is -0.770. The van der Waals surface area contributed by atoms with Gasteiger partial charge < -0.3 is 15.8 Å².